The number of rotatable bonds is 5. The van der Waals surface area contributed by atoms with Crippen molar-refractivity contribution in [2.45, 2.75) is 46.2 Å². The highest BCUT2D eigenvalue weighted by Gasteiger charge is 2.36. The van der Waals surface area contributed by atoms with Crippen LogP contribution in [-0.2, 0) is 6.54 Å². The quantitative estimate of drug-likeness (QED) is 0.554. The Bertz CT molecular complexity index is 1200. The van der Waals surface area contributed by atoms with Crippen LogP contribution < -0.4 is 5.32 Å². The molecule has 0 amide bonds. The number of hydrogen-bond donors (Lipinski definition) is 1. The summed E-state index contributed by atoms with van der Waals surface area (Å²) in [5, 5.41) is 8.02. The molecule has 0 radical (unpaired) electrons. The summed E-state index contributed by atoms with van der Waals surface area (Å²) in [7, 11) is 0. The van der Waals surface area contributed by atoms with Crippen molar-refractivity contribution in [3.63, 3.8) is 0 Å². The largest absolute Gasteiger partial charge is 0.350 e. The molecule has 1 N–H and O–H groups in total. The molecule has 4 heterocycles. The van der Waals surface area contributed by atoms with Crippen LogP contribution in [0.25, 0.3) is 27.9 Å². The van der Waals surface area contributed by atoms with E-state index >= 15 is 0 Å². The van der Waals surface area contributed by atoms with Gasteiger partial charge in [0.1, 0.15) is 18.0 Å². The first-order chi connectivity index (χ1) is 13.9. The second-order valence-corrected chi connectivity index (χ2v) is 8.59. The molecule has 5 rings (SSSR count). The average Bonchev–Trinajstić information content (AvgIpc) is 3.21. The van der Waals surface area contributed by atoms with Crippen molar-refractivity contribution in [3.8, 4) is 11.3 Å². The summed E-state index contributed by atoms with van der Waals surface area (Å²) in [6.07, 6.45) is 5.99. The minimum absolute atomic E-state index is 0.255. The molecule has 0 atom stereocenters. The van der Waals surface area contributed by atoms with Crippen molar-refractivity contribution in [2.75, 3.05) is 12.0 Å². The van der Waals surface area contributed by atoms with Crippen molar-refractivity contribution < 1.29 is 4.39 Å². The highest BCUT2D eigenvalue weighted by molar-refractivity contribution is 5.82. The van der Waals surface area contributed by atoms with E-state index < -0.39 is 6.67 Å². The van der Waals surface area contributed by atoms with Gasteiger partial charge in [0.25, 0.3) is 0 Å². The minimum atomic E-state index is -0.449. The number of halogens is 1. The van der Waals surface area contributed by atoms with Crippen LogP contribution in [0.1, 0.15) is 32.5 Å². The van der Waals surface area contributed by atoms with Gasteiger partial charge in [-0.05, 0) is 43.4 Å². The molecule has 0 aliphatic heterocycles. The SMILES string of the molecule is Cc1nc2ccc(-c3ccn4nc(NC5CC(C)(C)C5)ncc34)nc2n1CCF. The zero-order valence-corrected chi connectivity index (χ0v) is 16.9. The highest BCUT2D eigenvalue weighted by Crippen LogP contribution is 2.41. The molecule has 1 saturated carbocycles. The van der Waals surface area contributed by atoms with Crippen molar-refractivity contribution in [1.29, 1.82) is 0 Å². The first-order valence-corrected chi connectivity index (χ1v) is 9.95. The van der Waals surface area contributed by atoms with Gasteiger partial charge >= 0.3 is 0 Å². The number of pyridine rings is 1. The van der Waals surface area contributed by atoms with Crippen molar-refractivity contribution >= 4 is 22.6 Å². The molecule has 29 heavy (non-hydrogen) atoms. The van der Waals surface area contributed by atoms with Gasteiger partial charge in [0.2, 0.25) is 5.95 Å². The summed E-state index contributed by atoms with van der Waals surface area (Å²) in [6.45, 7) is 6.23. The van der Waals surface area contributed by atoms with E-state index in [1.54, 1.807) is 0 Å². The molecule has 1 aliphatic carbocycles. The van der Waals surface area contributed by atoms with E-state index in [1.165, 1.54) is 0 Å². The predicted molar refractivity (Wildman–Crippen MR) is 111 cm³/mol. The monoisotopic (exact) mass is 393 g/mol. The van der Waals surface area contributed by atoms with Gasteiger partial charge in [-0.1, -0.05) is 13.8 Å². The lowest BCUT2D eigenvalue weighted by Crippen LogP contribution is -2.41. The fraction of sp³-hybridized carbons (Fsp3) is 0.429. The Balaban J connectivity index is 1.48. The van der Waals surface area contributed by atoms with Gasteiger partial charge < -0.3 is 9.88 Å². The molecule has 0 unspecified atom stereocenters. The highest BCUT2D eigenvalue weighted by atomic mass is 19.1. The summed E-state index contributed by atoms with van der Waals surface area (Å²) in [5.41, 5.74) is 4.49. The lowest BCUT2D eigenvalue weighted by atomic mass is 9.68. The Morgan fingerprint density at radius 2 is 2.03 bits per heavy atom. The maximum absolute atomic E-state index is 12.9. The zero-order valence-electron chi connectivity index (χ0n) is 16.9. The molecule has 4 aromatic heterocycles. The van der Waals surface area contributed by atoms with Gasteiger partial charge in [-0.15, -0.1) is 5.10 Å². The Kier molecular flexibility index (Phi) is 4.04. The van der Waals surface area contributed by atoms with Crippen molar-refractivity contribution in [2.24, 2.45) is 5.41 Å². The number of imidazole rings is 1. The first kappa shape index (κ1) is 18.0. The van der Waals surface area contributed by atoms with Crippen LogP contribution >= 0.6 is 0 Å². The van der Waals surface area contributed by atoms with Gasteiger partial charge in [0.15, 0.2) is 5.65 Å². The molecule has 0 bridgehead atoms. The summed E-state index contributed by atoms with van der Waals surface area (Å²) in [4.78, 5) is 13.8. The zero-order chi connectivity index (χ0) is 20.2. The number of nitrogens with one attached hydrogen (secondary N) is 1. The predicted octanol–water partition coefficient (Wildman–Crippen LogP) is 4.02. The molecule has 7 nitrogen and oxygen atoms in total. The van der Waals surface area contributed by atoms with E-state index in [2.05, 4.69) is 34.2 Å². The lowest BCUT2D eigenvalue weighted by Gasteiger charge is -2.42. The topological polar surface area (TPSA) is 72.9 Å². The molecular weight excluding hydrogens is 369 g/mol. The summed E-state index contributed by atoms with van der Waals surface area (Å²) in [6, 6.07) is 6.28. The van der Waals surface area contributed by atoms with Crippen LogP contribution in [0.3, 0.4) is 0 Å². The first-order valence-electron chi connectivity index (χ1n) is 9.95. The number of anilines is 1. The van der Waals surface area contributed by atoms with Gasteiger partial charge in [0, 0.05) is 17.8 Å². The Labute approximate surface area is 168 Å². The third kappa shape index (κ3) is 3.12. The van der Waals surface area contributed by atoms with Gasteiger partial charge in [-0.3, -0.25) is 0 Å². The van der Waals surface area contributed by atoms with Gasteiger partial charge in [-0.25, -0.2) is 23.9 Å². The molecule has 0 spiro atoms. The molecular formula is C21H24FN7. The molecule has 8 heteroatoms. The molecule has 0 saturated heterocycles. The smallest absolute Gasteiger partial charge is 0.241 e. The fourth-order valence-electron chi connectivity index (χ4n) is 4.36. The maximum atomic E-state index is 12.9. The normalized spacial score (nSPS) is 16.4. The van der Waals surface area contributed by atoms with Crippen LogP contribution in [0.5, 0.6) is 0 Å². The van der Waals surface area contributed by atoms with E-state index in [9.17, 15) is 4.39 Å². The number of nitrogens with zero attached hydrogens (tertiary/aromatic N) is 6. The molecule has 4 aromatic rings. The van der Waals surface area contributed by atoms with E-state index in [4.69, 9.17) is 4.98 Å². The Morgan fingerprint density at radius 1 is 1.21 bits per heavy atom. The Morgan fingerprint density at radius 3 is 2.79 bits per heavy atom. The van der Waals surface area contributed by atoms with Crippen LogP contribution in [0, 0.1) is 12.3 Å². The van der Waals surface area contributed by atoms with Gasteiger partial charge in [0.05, 0.1) is 24.0 Å². The minimum Gasteiger partial charge on any atom is -0.350 e. The van der Waals surface area contributed by atoms with Crippen LogP contribution in [-0.4, -0.2) is 41.8 Å². The Hall–Kier alpha value is -3.03. The summed E-state index contributed by atoms with van der Waals surface area (Å²) in [5.74, 6) is 1.41. The number of fused-ring (bicyclic) bond motifs is 2. The summed E-state index contributed by atoms with van der Waals surface area (Å²) < 4.78 is 16.6. The van der Waals surface area contributed by atoms with Gasteiger partial charge in [-0.2, -0.15) is 0 Å². The number of alkyl halides is 1. The number of aromatic nitrogens is 6. The van der Waals surface area contributed by atoms with E-state index in [-0.39, 0.29) is 6.54 Å². The van der Waals surface area contributed by atoms with Crippen LogP contribution in [0.4, 0.5) is 10.3 Å². The third-order valence-corrected chi connectivity index (χ3v) is 5.72. The van der Waals surface area contributed by atoms with E-state index in [0.717, 1.165) is 41.0 Å². The van der Waals surface area contributed by atoms with Crippen LogP contribution in [0.15, 0.2) is 30.6 Å². The van der Waals surface area contributed by atoms with Crippen molar-refractivity contribution in [1.82, 2.24) is 29.1 Å². The van der Waals surface area contributed by atoms with E-state index in [1.807, 2.05) is 46.6 Å². The molecule has 0 aromatic carbocycles. The fourth-order valence-corrected chi connectivity index (χ4v) is 4.36. The lowest BCUT2D eigenvalue weighted by molar-refractivity contribution is 0.167. The van der Waals surface area contributed by atoms with E-state index in [0.29, 0.717) is 23.1 Å². The second-order valence-electron chi connectivity index (χ2n) is 8.59. The molecule has 1 aliphatic rings. The molecule has 150 valence electrons. The standard InChI is InChI=1S/C21H24FN7/c1-13-24-17-5-4-16(26-19(17)28(13)9-7-22)15-6-8-29-18(15)12-23-20(27-29)25-14-10-21(2,3)11-14/h4-6,8,12,14H,7,9-11H2,1-3H3,(H,25,27). The molecule has 1 fully saturated rings. The number of aryl methyl sites for hydroxylation is 2. The number of hydrogen-bond acceptors (Lipinski definition) is 5. The maximum Gasteiger partial charge on any atom is 0.241 e. The average molecular weight is 393 g/mol. The van der Waals surface area contributed by atoms with Crippen LogP contribution in [0.2, 0.25) is 0 Å². The second kappa shape index (κ2) is 6.50. The summed E-state index contributed by atoms with van der Waals surface area (Å²) >= 11 is 0. The van der Waals surface area contributed by atoms with Crippen molar-refractivity contribution in [3.05, 3.63) is 36.4 Å². The third-order valence-electron chi connectivity index (χ3n) is 5.72.